The number of rotatable bonds is 9. The largest absolute Gasteiger partial charge is 0.497 e. The molecule has 0 aliphatic carbocycles. The van der Waals surface area contributed by atoms with Gasteiger partial charge in [0.05, 0.1) is 25.4 Å². The Labute approximate surface area is 174 Å². The molecule has 10 nitrogen and oxygen atoms in total. The fourth-order valence-corrected chi connectivity index (χ4v) is 4.13. The maximum atomic E-state index is 13.0. The molecule has 0 fully saturated rings. The maximum absolute atomic E-state index is 13.0. The molecule has 30 heavy (non-hydrogen) atoms. The van der Waals surface area contributed by atoms with Gasteiger partial charge in [-0.05, 0) is 24.6 Å². The van der Waals surface area contributed by atoms with Gasteiger partial charge < -0.3 is 14.8 Å². The molecule has 2 aromatic carbocycles. The van der Waals surface area contributed by atoms with Crippen LogP contribution in [0.1, 0.15) is 13.3 Å². The van der Waals surface area contributed by atoms with E-state index in [0.29, 0.717) is 11.4 Å². The van der Waals surface area contributed by atoms with Gasteiger partial charge in [-0.3, -0.25) is 19.2 Å². The van der Waals surface area contributed by atoms with E-state index in [9.17, 15) is 23.3 Å². The molecule has 0 aliphatic heterocycles. The number of amides is 1. The van der Waals surface area contributed by atoms with E-state index in [2.05, 4.69) is 5.32 Å². The zero-order chi connectivity index (χ0) is 22.5. The van der Waals surface area contributed by atoms with Crippen LogP contribution in [0, 0.1) is 10.1 Å². The Kier molecular flexibility index (Phi) is 7.22. The molecule has 0 saturated carbocycles. The molecule has 1 atom stereocenters. The minimum atomic E-state index is -4.01. The van der Waals surface area contributed by atoms with Crippen molar-refractivity contribution in [1.29, 1.82) is 0 Å². The number of nitrogens with one attached hydrogen (secondary N) is 1. The Balaban J connectivity index is 2.53. The summed E-state index contributed by atoms with van der Waals surface area (Å²) in [6, 6.07) is 8.97. The van der Waals surface area contributed by atoms with Crippen LogP contribution in [0.25, 0.3) is 0 Å². The van der Waals surface area contributed by atoms with Crippen LogP contribution in [0.5, 0.6) is 11.5 Å². The van der Waals surface area contributed by atoms with Crippen LogP contribution in [-0.4, -0.2) is 45.8 Å². The average Bonchev–Trinajstić information content (AvgIpc) is 2.70. The number of hydrogen-bond donors (Lipinski definition) is 1. The van der Waals surface area contributed by atoms with Crippen molar-refractivity contribution in [2.75, 3.05) is 30.1 Å². The third kappa shape index (κ3) is 5.17. The van der Waals surface area contributed by atoms with Gasteiger partial charge in [0.2, 0.25) is 15.9 Å². The van der Waals surface area contributed by atoms with Gasteiger partial charge in [-0.2, -0.15) is 0 Å². The van der Waals surface area contributed by atoms with E-state index in [0.717, 1.165) is 16.6 Å². The minimum Gasteiger partial charge on any atom is -0.497 e. The lowest BCUT2D eigenvalue weighted by atomic mass is 10.1. The van der Waals surface area contributed by atoms with E-state index in [1.807, 2.05) is 0 Å². The molecular weight excluding hydrogens is 414 g/mol. The number of benzene rings is 2. The van der Waals surface area contributed by atoms with Crippen molar-refractivity contribution in [2.24, 2.45) is 0 Å². The number of carbonyl (C=O) groups is 1. The lowest BCUT2D eigenvalue weighted by Crippen LogP contribution is -2.47. The zero-order valence-electron chi connectivity index (χ0n) is 17.0. The standard InChI is InChI=1S/C19H23N3O7S/c1-5-16(19(23)20-13-7-6-8-15(11-13)28-2)21(30(4,26)27)17-12-14(22(24)25)9-10-18(17)29-3/h6-12,16H,5H2,1-4H3,(H,20,23)/t16-/m0/s1. The normalized spacial score (nSPS) is 12.0. The van der Waals surface area contributed by atoms with Crippen molar-refractivity contribution in [3.63, 3.8) is 0 Å². The summed E-state index contributed by atoms with van der Waals surface area (Å²) in [5.41, 5.74) is -0.0124. The van der Waals surface area contributed by atoms with Crippen molar-refractivity contribution < 1.29 is 27.6 Å². The fraction of sp³-hybridized carbons (Fsp3) is 0.316. The Hall–Kier alpha value is -3.34. The lowest BCUT2D eigenvalue weighted by molar-refractivity contribution is -0.384. The Morgan fingerprint density at radius 2 is 1.90 bits per heavy atom. The molecule has 0 aliphatic rings. The van der Waals surface area contributed by atoms with Crippen LogP contribution in [0.4, 0.5) is 17.1 Å². The molecule has 0 radical (unpaired) electrons. The number of hydrogen-bond acceptors (Lipinski definition) is 7. The Morgan fingerprint density at radius 1 is 1.20 bits per heavy atom. The maximum Gasteiger partial charge on any atom is 0.271 e. The first-order valence-electron chi connectivity index (χ1n) is 8.89. The Bertz CT molecular complexity index is 1040. The third-order valence-electron chi connectivity index (χ3n) is 4.28. The third-order valence-corrected chi connectivity index (χ3v) is 5.44. The molecule has 162 valence electrons. The molecule has 0 unspecified atom stereocenters. The van der Waals surface area contributed by atoms with E-state index < -0.39 is 26.9 Å². The number of anilines is 2. The van der Waals surface area contributed by atoms with Crippen molar-refractivity contribution >= 4 is 33.0 Å². The second kappa shape index (κ2) is 9.44. The second-order valence-electron chi connectivity index (χ2n) is 6.32. The highest BCUT2D eigenvalue weighted by atomic mass is 32.2. The molecule has 0 saturated heterocycles. The van der Waals surface area contributed by atoms with Gasteiger partial charge in [0.1, 0.15) is 23.2 Å². The topological polar surface area (TPSA) is 128 Å². The second-order valence-corrected chi connectivity index (χ2v) is 8.18. The summed E-state index contributed by atoms with van der Waals surface area (Å²) >= 11 is 0. The first-order valence-corrected chi connectivity index (χ1v) is 10.7. The summed E-state index contributed by atoms with van der Waals surface area (Å²) in [5, 5.41) is 13.9. The van der Waals surface area contributed by atoms with Crippen LogP contribution in [0.2, 0.25) is 0 Å². The van der Waals surface area contributed by atoms with Crippen molar-refractivity contribution in [3.05, 3.63) is 52.6 Å². The van der Waals surface area contributed by atoms with Crippen molar-refractivity contribution in [3.8, 4) is 11.5 Å². The lowest BCUT2D eigenvalue weighted by Gasteiger charge is -2.31. The van der Waals surface area contributed by atoms with Crippen LogP contribution < -0.4 is 19.1 Å². The van der Waals surface area contributed by atoms with E-state index in [4.69, 9.17) is 9.47 Å². The monoisotopic (exact) mass is 437 g/mol. The van der Waals surface area contributed by atoms with Crippen LogP contribution in [0.3, 0.4) is 0 Å². The van der Waals surface area contributed by atoms with Gasteiger partial charge in [0.15, 0.2) is 0 Å². The molecule has 0 aromatic heterocycles. The number of non-ortho nitro benzene ring substituents is 1. The number of ether oxygens (including phenoxy) is 2. The minimum absolute atomic E-state index is 0.0821. The number of methoxy groups -OCH3 is 2. The fourth-order valence-electron chi connectivity index (χ4n) is 2.93. The van der Waals surface area contributed by atoms with Crippen molar-refractivity contribution in [1.82, 2.24) is 0 Å². The quantitative estimate of drug-likeness (QED) is 0.472. The van der Waals surface area contributed by atoms with E-state index in [1.54, 1.807) is 31.2 Å². The van der Waals surface area contributed by atoms with Gasteiger partial charge in [0, 0.05) is 23.9 Å². The highest BCUT2D eigenvalue weighted by Gasteiger charge is 2.34. The molecule has 2 rings (SSSR count). The van der Waals surface area contributed by atoms with Crippen LogP contribution in [0.15, 0.2) is 42.5 Å². The smallest absolute Gasteiger partial charge is 0.271 e. The summed E-state index contributed by atoms with van der Waals surface area (Å²) in [6.45, 7) is 1.64. The molecular formula is C19H23N3O7S. The summed E-state index contributed by atoms with van der Waals surface area (Å²) in [5.74, 6) is -0.00966. The summed E-state index contributed by atoms with van der Waals surface area (Å²) in [4.78, 5) is 23.5. The molecule has 0 bridgehead atoms. The van der Waals surface area contributed by atoms with Gasteiger partial charge in [-0.1, -0.05) is 13.0 Å². The van der Waals surface area contributed by atoms with E-state index in [-0.39, 0.29) is 23.5 Å². The highest BCUT2D eigenvalue weighted by molar-refractivity contribution is 7.92. The highest BCUT2D eigenvalue weighted by Crippen LogP contribution is 2.36. The van der Waals surface area contributed by atoms with Gasteiger partial charge in [-0.15, -0.1) is 0 Å². The Morgan fingerprint density at radius 3 is 2.43 bits per heavy atom. The number of nitro groups is 1. The average molecular weight is 437 g/mol. The molecule has 0 heterocycles. The summed E-state index contributed by atoms with van der Waals surface area (Å²) < 4.78 is 36.4. The number of nitrogens with zero attached hydrogens (tertiary/aromatic N) is 2. The zero-order valence-corrected chi connectivity index (χ0v) is 17.8. The molecule has 1 amide bonds. The first-order chi connectivity index (χ1) is 14.1. The SMILES string of the molecule is CC[C@@H](C(=O)Nc1cccc(OC)c1)N(c1cc([N+](=O)[O-])ccc1OC)S(C)(=O)=O. The predicted molar refractivity (Wildman–Crippen MR) is 113 cm³/mol. The van der Waals surface area contributed by atoms with Gasteiger partial charge >= 0.3 is 0 Å². The van der Waals surface area contributed by atoms with Crippen LogP contribution >= 0.6 is 0 Å². The summed E-state index contributed by atoms with van der Waals surface area (Å²) in [7, 11) is -1.22. The van der Waals surface area contributed by atoms with Crippen LogP contribution in [-0.2, 0) is 14.8 Å². The van der Waals surface area contributed by atoms with E-state index >= 15 is 0 Å². The molecule has 11 heteroatoms. The number of sulfonamides is 1. The predicted octanol–water partition coefficient (Wildman–Crippen LogP) is 2.80. The molecule has 1 N–H and O–H groups in total. The van der Waals surface area contributed by atoms with Gasteiger partial charge in [0.25, 0.3) is 5.69 Å². The number of carbonyl (C=O) groups excluding carboxylic acids is 1. The van der Waals surface area contributed by atoms with Gasteiger partial charge in [-0.25, -0.2) is 8.42 Å². The molecule has 2 aromatic rings. The number of nitro benzene ring substituents is 1. The first kappa shape index (κ1) is 22.9. The van der Waals surface area contributed by atoms with Crippen molar-refractivity contribution in [2.45, 2.75) is 19.4 Å². The molecule has 0 spiro atoms. The summed E-state index contributed by atoms with van der Waals surface area (Å²) in [6.07, 6.45) is 1.03. The van der Waals surface area contributed by atoms with E-state index in [1.165, 1.54) is 26.4 Å².